The molecule has 2 aromatic carbocycles. The van der Waals surface area contributed by atoms with Crippen molar-refractivity contribution < 1.29 is 4.39 Å². The number of nitrogens with one attached hydrogen (secondary N) is 1. The molecule has 2 nitrogen and oxygen atoms in total. The second-order valence-electron chi connectivity index (χ2n) is 4.96. The molecule has 0 aromatic heterocycles. The van der Waals surface area contributed by atoms with Gasteiger partial charge in [-0.3, -0.25) is 0 Å². The summed E-state index contributed by atoms with van der Waals surface area (Å²) in [6.45, 7) is 3.84. The topological polar surface area (TPSA) is 15.3 Å². The van der Waals surface area contributed by atoms with E-state index < -0.39 is 0 Å². The molecule has 0 aliphatic rings. The van der Waals surface area contributed by atoms with Crippen LogP contribution >= 0.6 is 11.6 Å². The van der Waals surface area contributed by atoms with Gasteiger partial charge in [-0.15, -0.1) is 0 Å². The maximum Gasteiger partial charge on any atom is 0.146 e. The van der Waals surface area contributed by atoms with Crippen molar-refractivity contribution in [2.75, 3.05) is 18.5 Å². The van der Waals surface area contributed by atoms with Crippen molar-refractivity contribution in [3.63, 3.8) is 0 Å². The van der Waals surface area contributed by atoms with E-state index in [1.54, 1.807) is 17.0 Å². The molecular formula is C17H20ClFN2. The molecule has 0 amide bonds. The smallest absolute Gasteiger partial charge is 0.146 e. The summed E-state index contributed by atoms with van der Waals surface area (Å²) in [6.07, 6.45) is 1.09. The monoisotopic (exact) mass is 306 g/mol. The van der Waals surface area contributed by atoms with E-state index in [1.807, 2.05) is 31.3 Å². The highest BCUT2D eigenvalue weighted by Gasteiger charge is 2.10. The Morgan fingerprint density at radius 1 is 1.19 bits per heavy atom. The third kappa shape index (κ3) is 3.96. The number of benzene rings is 2. The third-order valence-electron chi connectivity index (χ3n) is 3.38. The summed E-state index contributed by atoms with van der Waals surface area (Å²) in [5.41, 5.74) is 2.45. The summed E-state index contributed by atoms with van der Waals surface area (Å²) in [4.78, 5) is 1.80. The van der Waals surface area contributed by atoms with Crippen LogP contribution in [-0.2, 0) is 6.54 Å². The molecule has 0 aliphatic heterocycles. The van der Waals surface area contributed by atoms with E-state index in [2.05, 4.69) is 12.2 Å². The molecule has 0 heterocycles. The van der Waals surface area contributed by atoms with Crippen LogP contribution in [0.1, 0.15) is 18.9 Å². The van der Waals surface area contributed by atoms with Gasteiger partial charge in [-0.25, -0.2) is 4.39 Å². The van der Waals surface area contributed by atoms with Gasteiger partial charge in [-0.05, 0) is 42.8 Å². The van der Waals surface area contributed by atoms with Crippen molar-refractivity contribution >= 4 is 23.0 Å². The van der Waals surface area contributed by atoms with Gasteiger partial charge in [0.2, 0.25) is 0 Å². The van der Waals surface area contributed by atoms with Crippen molar-refractivity contribution in [2.24, 2.45) is 0 Å². The normalized spacial score (nSPS) is 10.7. The second kappa shape index (κ2) is 7.43. The fraction of sp³-hybridized carbons (Fsp3) is 0.294. The summed E-state index contributed by atoms with van der Waals surface area (Å²) in [6, 6.07) is 12.5. The third-order valence-corrected chi connectivity index (χ3v) is 3.73. The molecule has 1 N–H and O–H groups in total. The number of nitrogens with zero attached hydrogens (tertiary/aromatic N) is 1. The Labute approximate surface area is 130 Å². The Kier molecular flexibility index (Phi) is 5.59. The van der Waals surface area contributed by atoms with Gasteiger partial charge < -0.3 is 10.2 Å². The van der Waals surface area contributed by atoms with Crippen molar-refractivity contribution in [1.82, 2.24) is 5.32 Å². The first-order valence-electron chi connectivity index (χ1n) is 7.11. The summed E-state index contributed by atoms with van der Waals surface area (Å²) in [5, 5.41) is 4.02. The SMILES string of the molecule is CCCNCc1ccc(N(C)c2ccccc2F)cc1Cl. The fourth-order valence-electron chi connectivity index (χ4n) is 2.15. The lowest BCUT2D eigenvalue weighted by Gasteiger charge is -2.21. The molecule has 0 saturated carbocycles. The average Bonchev–Trinajstić information content (AvgIpc) is 2.49. The van der Waals surface area contributed by atoms with Crippen LogP contribution in [-0.4, -0.2) is 13.6 Å². The van der Waals surface area contributed by atoms with E-state index in [9.17, 15) is 4.39 Å². The lowest BCUT2D eigenvalue weighted by atomic mass is 10.1. The Morgan fingerprint density at radius 3 is 2.62 bits per heavy atom. The maximum absolute atomic E-state index is 13.8. The number of anilines is 2. The Morgan fingerprint density at radius 2 is 1.95 bits per heavy atom. The zero-order chi connectivity index (χ0) is 15.2. The minimum absolute atomic E-state index is 0.246. The standard InChI is InChI=1S/C17H20ClFN2/c1-3-10-20-12-13-8-9-14(11-15(13)18)21(2)17-7-5-4-6-16(17)19/h4-9,11,20H,3,10,12H2,1-2H3. The Balaban J connectivity index is 2.18. The zero-order valence-corrected chi connectivity index (χ0v) is 13.1. The minimum Gasteiger partial charge on any atom is -0.342 e. The van der Waals surface area contributed by atoms with E-state index in [4.69, 9.17) is 11.6 Å². The highest BCUT2D eigenvalue weighted by Crippen LogP contribution is 2.29. The quantitative estimate of drug-likeness (QED) is 0.775. The average molecular weight is 307 g/mol. The van der Waals surface area contributed by atoms with E-state index in [-0.39, 0.29) is 5.82 Å². The van der Waals surface area contributed by atoms with Gasteiger partial charge in [0.25, 0.3) is 0 Å². The number of para-hydroxylation sites is 1. The molecule has 0 atom stereocenters. The van der Waals surface area contributed by atoms with Crippen LogP contribution in [0.25, 0.3) is 0 Å². The predicted molar refractivity (Wildman–Crippen MR) is 87.9 cm³/mol. The minimum atomic E-state index is -0.246. The maximum atomic E-state index is 13.8. The zero-order valence-electron chi connectivity index (χ0n) is 12.4. The molecule has 0 unspecified atom stereocenters. The lowest BCUT2D eigenvalue weighted by Crippen LogP contribution is -2.15. The molecule has 4 heteroatoms. The van der Waals surface area contributed by atoms with E-state index >= 15 is 0 Å². The van der Waals surface area contributed by atoms with Gasteiger partial charge in [-0.1, -0.05) is 36.7 Å². The van der Waals surface area contributed by atoms with Crippen molar-refractivity contribution in [3.05, 3.63) is 58.9 Å². The number of hydrogen-bond donors (Lipinski definition) is 1. The second-order valence-corrected chi connectivity index (χ2v) is 5.37. The van der Waals surface area contributed by atoms with E-state index in [0.29, 0.717) is 10.7 Å². The summed E-state index contributed by atoms with van der Waals surface area (Å²) in [5.74, 6) is -0.246. The van der Waals surface area contributed by atoms with Crippen molar-refractivity contribution in [2.45, 2.75) is 19.9 Å². The number of rotatable bonds is 6. The summed E-state index contributed by atoms with van der Waals surface area (Å²) >= 11 is 6.32. The molecule has 0 saturated heterocycles. The Hall–Kier alpha value is -1.58. The predicted octanol–water partition coefficient (Wildman–Crippen LogP) is 4.75. The molecule has 2 aromatic rings. The molecule has 0 bridgehead atoms. The van der Waals surface area contributed by atoms with Crippen LogP contribution in [0.5, 0.6) is 0 Å². The molecule has 0 fully saturated rings. The molecule has 112 valence electrons. The van der Waals surface area contributed by atoms with Crippen LogP contribution in [0, 0.1) is 5.82 Å². The first-order chi connectivity index (χ1) is 10.1. The molecule has 0 spiro atoms. The van der Waals surface area contributed by atoms with Crippen LogP contribution < -0.4 is 10.2 Å². The lowest BCUT2D eigenvalue weighted by molar-refractivity contribution is 0.627. The van der Waals surface area contributed by atoms with Gasteiger partial charge in [0.1, 0.15) is 5.82 Å². The van der Waals surface area contributed by atoms with Crippen LogP contribution in [0.4, 0.5) is 15.8 Å². The Bertz CT molecular complexity index is 601. The van der Waals surface area contributed by atoms with Crippen LogP contribution in [0.2, 0.25) is 5.02 Å². The van der Waals surface area contributed by atoms with Crippen molar-refractivity contribution in [3.8, 4) is 0 Å². The van der Waals surface area contributed by atoms with Crippen LogP contribution in [0.3, 0.4) is 0 Å². The van der Waals surface area contributed by atoms with Gasteiger partial charge in [-0.2, -0.15) is 0 Å². The highest BCUT2D eigenvalue weighted by atomic mass is 35.5. The van der Waals surface area contributed by atoms with E-state index in [1.165, 1.54) is 6.07 Å². The molecular weight excluding hydrogens is 287 g/mol. The van der Waals surface area contributed by atoms with Gasteiger partial charge in [0, 0.05) is 24.3 Å². The molecule has 2 rings (SSSR count). The van der Waals surface area contributed by atoms with E-state index in [0.717, 1.165) is 30.8 Å². The van der Waals surface area contributed by atoms with Gasteiger partial charge in [0.15, 0.2) is 0 Å². The highest BCUT2D eigenvalue weighted by molar-refractivity contribution is 6.31. The first kappa shape index (κ1) is 15.8. The largest absolute Gasteiger partial charge is 0.342 e. The molecule has 0 aliphatic carbocycles. The summed E-state index contributed by atoms with van der Waals surface area (Å²) < 4.78 is 13.8. The van der Waals surface area contributed by atoms with Crippen LogP contribution in [0.15, 0.2) is 42.5 Å². The fourth-order valence-corrected chi connectivity index (χ4v) is 2.39. The van der Waals surface area contributed by atoms with Crippen molar-refractivity contribution in [1.29, 1.82) is 0 Å². The number of hydrogen-bond acceptors (Lipinski definition) is 2. The number of halogens is 2. The molecule has 0 radical (unpaired) electrons. The van der Waals surface area contributed by atoms with Gasteiger partial charge >= 0.3 is 0 Å². The van der Waals surface area contributed by atoms with Gasteiger partial charge in [0.05, 0.1) is 5.69 Å². The first-order valence-corrected chi connectivity index (χ1v) is 7.48. The summed E-state index contributed by atoms with van der Waals surface area (Å²) in [7, 11) is 1.83. The molecule has 21 heavy (non-hydrogen) atoms.